The maximum atomic E-state index is 11.3. The molecule has 0 rings (SSSR count). The van der Waals surface area contributed by atoms with Crippen molar-refractivity contribution in [1.29, 1.82) is 0 Å². The first kappa shape index (κ1) is 14.9. The molecule has 4 heteroatoms. The summed E-state index contributed by atoms with van der Waals surface area (Å²) in [7, 11) is 0. The van der Waals surface area contributed by atoms with Crippen LogP contribution in [-0.4, -0.2) is 22.2 Å². The normalized spacial score (nSPS) is 13.6. The van der Waals surface area contributed by atoms with E-state index in [2.05, 4.69) is 0 Å². The Morgan fingerprint density at radius 2 is 1.31 bits per heavy atom. The minimum absolute atomic E-state index is 0.0449. The van der Waals surface area contributed by atoms with E-state index in [-0.39, 0.29) is 6.42 Å². The third-order valence-corrected chi connectivity index (χ3v) is 4.38. The summed E-state index contributed by atoms with van der Waals surface area (Å²) >= 11 is 0. The van der Waals surface area contributed by atoms with Crippen LogP contribution in [0.25, 0.3) is 0 Å². The Labute approximate surface area is 96.7 Å². The predicted octanol–water partition coefficient (Wildman–Crippen LogP) is 2.62. The summed E-state index contributed by atoms with van der Waals surface area (Å²) in [5.41, 5.74) is -2.21. The highest BCUT2D eigenvalue weighted by molar-refractivity contribution is 5.75. The number of hydrogen-bond donors (Lipinski definition) is 2. The van der Waals surface area contributed by atoms with Gasteiger partial charge in [0.15, 0.2) is 0 Å². The van der Waals surface area contributed by atoms with E-state index in [0.717, 1.165) is 0 Å². The summed E-state index contributed by atoms with van der Waals surface area (Å²) in [6.45, 7) is 10.5. The molecule has 4 nitrogen and oxygen atoms in total. The molecule has 0 aliphatic carbocycles. The zero-order valence-corrected chi connectivity index (χ0v) is 10.9. The predicted molar refractivity (Wildman–Crippen MR) is 61.2 cm³/mol. The molecule has 0 bridgehead atoms. The third kappa shape index (κ3) is 2.36. The molecule has 0 radical (unpaired) electrons. The second-order valence-electron chi connectivity index (χ2n) is 6.01. The highest BCUT2D eigenvalue weighted by atomic mass is 16.4. The Morgan fingerprint density at radius 3 is 1.56 bits per heavy atom. The van der Waals surface area contributed by atoms with Crippen molar-refractivity contribution in [2.24, 2.45) is 16.2 Å². The van der Waals surface area contributed by atoms with Crippen molar-refractivity contribution in [2.45, 2.75) is 48.0 Å². The molecule has 0 aromatic rings. The molecule has 16 heavy (non-hydrogen) atoms. The van der Waals surface area contributed by atoms with E-state index in [9.17, 15) is 14.7 Å². The summed E-state index contributed by atoms with van der Waals surface area (Å²) in [5, 5.41) is 18.1. The summed E-state index contributed by atoms with van der Waals surface area (Å²) in [5.74, 6) is -1.81. The fourth-order valence-electron chi connectivity index (χ4n) is 1.71. The first-order valence-electron chi connectivity index (χ1n) is 5.31. The van der Waals surface area contributed by atoms with Crippen LogP contribution in [0.15, 0.2) is 0 Å². The highest BCUT2D eigenvalue weighted by Crippen LogP contribution is 2.53. The zero-order valence-electron chi connectivity index (χ0n) is 10.9. The fourth-order valence-corrected chi connectivity index (χ4v) is 1.71. The largest absolute Gasteiger partial charge is 0.481 e. The van der Waals surface area contributed by atoms with Gasteiger partial charge in [-0.2, -0.15) is 0 Å². The number of rotatable bonds is 5. The van der Waals surface area contributed by atoms with Crippen LogP contribution in [0, 0.1) is 16.2 Å². The van der Waals surface area contributed by atoms with E-state index in [1.165, 1.54) is 0 Å². The minimum atomic E-state index is -0.980. The number of carboxylic acids is 2. The average molecular weight is 230 g/mol. The molecule has 0 heterocycles. The van der Waals surface area contributed by atoms with E-state index in [4.69, 9.17) is 5.11 Å². The van der Waals surface area contributed by atoms with E-state index in [1.54, 1.807) is 27.7 Å². The van der Waals surface area contributed by atoms with E-state index in [1.807, 2.05) is 13.8 Å². The number of carbonyl (C=O) groups is 2. The van der Waals surface area contributed by atoms with Gasteiger partial charge >= 0.3 is 11.9 Å². The number of aliphatic carboxylic acids is 2. The van der Waals surface area contributed by atoms with Crippen LogP contribution in [0.1, 0.15) is 48.0 Å². The summed E-state index contributed by atoms with van der Waals surface area (Å²) < 4.78 is 0. The molecule has 0 aliphatic rings. The van der Waals surface area contributed by atoms with Crippen LogP contribution in [0.5, 0.6) is 0 Å². The highest BCUT2D eigenvalue weighted by Gasteiger charge is 2.52. The van der Waals surface area contributed by atoms with Gasteiger partial charge in [0.05, 0.1) is 11.8 Å². The molecule has 0 saturated carbocycles. The second kappa shape index (κ2) is 4.07. The molecule has 0 fully saturated rings. The Balaban J connectivity index is 5.33. The lowest BCUT2D eigenvalue weighted by molar-refractivity contribution is -0.164. The van der Waals surface area contributed by atoms with Crippen molar-refractivity contribution in [1.82, 2.24) is 0 Å². The molecule has 0 spiro atoms. The van der Waals surface area contributed by atoms with E-state index >= 15 is 0 Å². The van der Waals surface area contributed by atoms with Crippen molar-refractivity contribution in [3.8, 4) is 0 Å². The van der Waals surface area contributed by atoms with Crippen LogP contribution in [-0.2, 0) is 9.59 Å². The molecular formula is C12H22O4. The van der Waals surface area contributed by atoms with Gasteiger partial charge in [-0.05, 0) is 24.7 Å². The van der Waals surface area contributed by atoms with Gasteiger partial charge in [-0.1, -0.05) is 27.7 Å². The molecule has 0 amide bonds. The lowest BCUT2D eigenvalue weighted by Gasteiger charge is -2.49. The number of hydrogen-bond acceptors (Lipinski definition) is 2. The summed E-state index contributed by atoms with van der Waals surface area (Å²) in [4.78, 5) is 22.1. The summed E-state index contributed by atoms with van der Waals surface area (Å²) in [6.07, 6.45) is -0.0449. The van der Waals surface area contributed by atoms with Gasteiger partial charge in [0, 0.05) is 0 Å². The second-order valence-corrected chi connectivity index (χ2v) is 6.01. The van der Waals surface area contributed by atoms with Crippen molar-refractivity contribution in [3.05, 3.63) is 0 Å². The zero-order chi connectivity index (χ0) is 13.4. The first-order chi connectivity index (χ1) is 6.86. The van der Waals surface area contributed by atoms with Crippen LogP contribution in [0.2, 0.25) is 0 Å². The average Bonchev–Trinajstić information content (AvgIpc) is 2.00. The van der Waals surface area contributed by atoms with Crippen molar-refractivity contribution in [3.63, 3.8) is 0 Å². The van der Waals surface area contributed by atoms with E-state index < -0.39 is 28.2 Å². The molecule has 0 aromatic heterocycles. The van der Waals surface area contributed by atoms with Gasteiger partial charge in [-0.25, -0.2) is 0 Å². The maximum absolute atomic E-state index is 11.3. The van der Waals surface area contributed by atoms with Crippen LogP contribution < -0.4 is 0 Å². The van der Waals surface area contributed by atoms with Crippen LogP contribution in [0.4, 0.5) is 0 Å². The van der Waals surface area contributed by atoms with Gasteiger partial charge < -0.3 is 10.2 Å². The fraction of sp³-hybridized carbons (Fsp3) is 0.833. The SMILES string of the molecule is CC(C)(CC(=O)O)C(C)(C)C(C)(C)C(=O)O. The molecule has 0 aromatic carbocycles. The van der Waals surface area contributed by atoms with Gasteiger partial charge in [0.2, 0.25) is 0 Å². The first-order valence-corrected chi connectivity index (χ1v) is 5.31. The van der Waals surface area contributed by atoms with Crippen molar-refractivity contribution < 1.29 is 19.8 Å². The standard InChI is InChI=1S/C12H22O4/c1-10(2,7-8(13)14)12(5,6)11(3,4)9(15)16/h7H2,1-6H3,(H,13,14)(H,15,16). The lowest BCUT2D eigenvalue weighted by atomic mass is 9.54. The molecule has 0 saturated heterocycles. The molecule has 94 valence electrons. The monoisotopic (exact) mass is 230 g/mol. The van der Waals surface area contributed by atoms with Crippen molar-refractivity contribution in [2.75, 3.05) is 0 Å². The molecule has 0 atom stereocenters. The van der Waals surface area contributed by atoms with Crippen LogP contribution in [0.3, 0.4) is 0 Å². The number of carboxylic acid groups (broad SMARTS) is 2. The molecular weight excluding hydrogens is 208 g/mol. The summed E-state index contributed by atoms with van der Waals surface area (Å²) in [6, 6.07) is 0. The van der Waals surface area contributed by atoms with Gasteiger partial charge in [-0.15, -0.1) is 0 Å². The maximum Gasteiger partial charge on any atom is 0.309 e. The quantitative estimate of drug-likeness (QED) is 0.761. The van der Waals surface area contributed by atoms with E-state index in [0.29, 0.717) is 0 Å². The smallest absolute Gasteiger partial charge is 0.309 e. The van der Waals surface area contributed by atoms with Gasteiger partial charge in [0.25, 0.3) is 0 Å². The van der Waals surface area contributed by atoms with Crippen molar-refractivity contribution >= 4 is 11.9 Å². The lowest BCUT2D eigenvalue weighted by Crippen LogP contribution is -2.49. The minimum Gasteiger partial charge on any atom is -0.481 e. The van der Waals surface area contributed by atoms with Gasteiger partial charge in [-0.3, -0.25) is 9.59 Å². The molecule has 0 unspecified atom stereocenters. The Hall–Kier alpha value is -1.06. The Kier molecular flexibility index (Phi) is 3.80. The van der Waals surface area contributed by atoms with Crippen LogP contribution >= 0.6 is 0 Å². The Bertz CT molecular complexity index is 300. The topological polar surface area (TPSA) is 74.6 Å². The Morgan fingerprint density at radius 1 is 0.938 bits per heavy atom. The third-order valence-electron chi connectivity index (χ3n) is 4.38. The molecule has 2 N–H and O–H groups in total. The van der Waals surface area contributed by atoms with Gasteiger partial charge in [0.1, 0.15) is 0 Å². The molecule has 0 aliphatic heterocycles.